The maximum Gasteiger partial charge on any atom is 0.287 e. The van der Waals surface area contributed by atoms with Crippen LogP contribution in [0.2, 0.25) is 0 Å². The van der Waals surface area contributed by atoms with E-state index >= 15 is 0 Å². The number of aldehydes is 2. The predicted molar refractivity (Wildman–Crippen MR) is 106 cm³/mol. The normalized spacial score (nSPS) is 13.1. The van der Waals surface area contributed by atoms with Crippen LogP contribution in [0.15, 0.2) is 24.3 Å². The second-order valence-corrected chi connectivity index (χ2v) is 6.76. The molecule has 2 aromatic carbocycles. The number of hydrogen-bond acceptors (Lipinski definition) is 10. The molecule has 2 aromatic rings. The number of rotatable bonds is 4. The molecule has 0 unspecified atom stereocenters. The zero-order valence-electron chi connectivity index (χ0n) is 16.1. The number of nitro benzene ring substituents is 2. The van der Waals surface area contributed by atoms with Crippen LogP contribution in [0.5, 0.6) is 23.0 Å². The fraction of sp³-hybridized carbons (Fsp3) is 0.158. The number of benzene rings is 2. The highest BCUT2D eigenvalue weighted by Gasteiger charge is 2.29. The van der Waals surface area contributed by atoms with Crippen LogP contribution in [0.25, 0.3) is 6.08 Å². The van der Waals surface area contributed by atoms with Crippen LogP contribution in [-0.2, 0) is 0 Å². The molecule has 0 atom stereocenters. The van der Waals surface area contributed by atoms with Gasteiger partial charge in [0.1, 0.15) is 39.7 Å². The van der Waals surface area contributed by atoms with Crippen molar-refractivity contribution in [2.24, 2.45) is 0 Å². The molecule has 0 aliphatic carbocycles. The van der Waals surface area contributed by atoms with E-state index < -0.39 is 49.6 Å². The smallest absolute Gasteiger partial charge is 0.287 e. The third kappa shape index (κ3) is 4.75. The molecule has 0 aromatic heterocycles. The molecule has 3 N–H and O–H groups in total. The molecule has 3 rings (SSSR count). The van der Waals surface area contributed by atoms with Gasteiger partial charge in [0.25, 0.3) is 11.4 Å². The van der Waals surface area contributed by atoms with Crippen molar-refractivity contribution < 1.29 is 39.5 Å². The Kier molecular flexibility index (Phi) is 6.24. The topological polar surface area (TPSA) is 190 Å². The first-order valence-electron chi connectivity index (χ1n) is 8.45. The third-order valence-electron chi connectivity index (χ3n) is 4.09. The van der Waals surface area contributed by atoms with Gasteiger partial charge < -0.3 is 20.1 Å². The molecule has 0 fully saturated rings. The van der Waals surface area contributed by atoms with Crippen LogP contribution in [0.3, 0.4) is 0 Å². The summed E-state index contributed by atoms with van der Waals surface area (Å²) in [5.41, 5.74) is -2.20. The zero-order valence-corrected chi connectivity index (χ0v) is 16.1. The molecule has 0 amide bonds. The minimum absolute atomic E-state index is 0.160. The maximum atomic E-state index is 10.8. The van der Waals surface area contributed by atoms with Crippen molar-refractivity contribution in [1.82, 2.24) is 0 Å². The average molecular weight is 432 g/mol. The van der Waals surface area contributed by atoms with E-state index in [9.17, 15) is 34.9 Å². The van der Waals surface area contributed by atoms with E-state index in [1.165, 1.54) is 0 Å². The molecule has 1 aliphatic rings. The van der Waals surface area contributed by atoms with Gasteiger partial charge in [-0.3, -0.25) is 29.8 Å². The average Bonchev–Trinajstić information content (AvgIpc) is 2.66. The molecule has 0 spiro atoms. The van der Waals surface area contributed by atoms with Gasteiger partial charge in [-0.1, -0.05) is 0 Å². The van der Waals surface area contributed by atoms with Gasteiger partial charge in [-0.05, 0) is 26.0 Å². The molecule has 162 valence electrons. The van der Waals surface area contributed by atoms with Gasteiger partial charge in [0.05, 0.1) is 27.5 Å². The number of aromatic hydroxyl groups is 3. The van der Waals surface area contributed by atoms with Crippen LogP contribution in [-0.4, -0.2) is 43.3 Å². The van der Waals surface area contributed by atoms with E-state index in [-0.39, 0.29) is 29.4 Å². The lowest BCUT2D eigenvalue weighted by Crippen LogP contribution is -2.27. The summed E-state index contributed by atoms with van der Waals surface area (Å²) in [6, 6.07) is 2.81. The Morgan fingerprint density at radius 2 is 1.48 bits per heavy atom. The van der Waals surface area contributed by atoms with Crippen LogP contribution in [0.4, 0.5) is 11.4 Å². The van der Waals surface area contributed by atoms with E-state index in [2.05, 4.69) is 0 Å². The summed E-state index contributed by atoms with van der Waals surface area (Å²) in [4.78, 5) is 40.7. The zero-order chi connectivity index (χ0) is 23.5. The maximum absolute atomic E-state index is 10.8. The first kappa shape index (κ1) is 22.8. The van der Waals surface area contributed by atoms with Gasteiger partial charge in [-0.25, -0.2) is 0 Å². The SMILES string of the molecule is CC1(C)C=Cc2c(cc([N+](=O)[O-])c(C=O)c2O)O1.O=Cc1c(O)cc(O)cc1[N+](=O)[O-]. The number of hydrogen-bond donors (Lipinski definition) is 3. The van der Waals surface area contributed by atoms with Crippen molar-refractivity contribution in [3.05, 3.63) is 61.2 Å². The molecule has 1 heterocycles. The predicted octanol–water partition coefficient (Wildman–Crippen LogP) is 3.12. The molecule has 31 heavy (non-hydrogen) atoms. The highest BCUT2D eigenvalue weighted by Crippen LogP contribution is 2.42. The Morgan fingerprint density at radius 3 is 2.00 bits per heavy atom. The fourth-order valence-corrected chi connectivity index (χ4v) is 2.66. The van der Waals surface area contributed by atoms with Gasteiger partial charge in [0.2, 0.25) is 0 Å². The summed E-state index contributed by atoms with van der Waals surface area (Å²) in [5.74, 6) is -1.31. The number of carbonyl (C=O) groups is 2. The Hall–Kier alpha value is -4.48. The van der Waals surface area contributed by atoms with Crippen molar-refractivity contribution in [2.75, 3.05) is 0 Å². The minimum atomic E-state index is -0.858. The number of phenols is 3. The van der Waals surface area contributed by atoms with Crippen molar-refractivity contribution in [1.29, 1.82) is 0 Å². The lowest BCUT2D eigenvalue weighted by molar-refractivity contribution is -0.385. The summed E-state index contributed by atoms with van der Waals surface area (Å²) in [7, 11) is 0. The van der Waals surface area contributed by atoms with Gasteiger partial charge in [-0.2, -0.15) is 0 Å². The van der Waals surface area contributed by atoms with Crippen LogP contribution >= 0.6 is 0 Å². The van der Waals surface area contributed by atoms with Crippen molar-refractivity contribution in [3.63, 3.8) is 0 Å². The van der Waals surface area contributed by atoms with E-state index in [4.69, 9.17) is 14.9 Å². The van der Waals surface area contributed by atoms with Crippen LogP contribution in [0.1, 0.15) is 40.1 Å². The van der Waals surface area contributed by atoms with Crippen LogP contribution in [0, 0.1) is 20.2 Å². The van der Waals surface area contributed by atoms with Crippen molar-refractivity contribution in [2.45, 2.75) is 19.4 Å². The molecule has 12 heteroatoms. The second kappa shape index (κ2) is 8.49. The highest BCUT2D eigenvalue weighted by molar-refractivity contribution is 5.90. The second-order valence-electron chi connectivity index (χ2n) is 6.76. The monoisotopic (exact) mass is 432 g/mol. The molecule has 0 saturated heterocycles. The van der Waals surface area contributed by atoms with E-state index in [1.54, 1.807) is 26.0 Å². The van der Waals surface area contributed by atoms with Gasteiger partial charge in [0, 0.05) is 6.07 Å². The summed E-state index contributed by atoms with van der Waals surface area (Å²) >= 11 is 0. The summed E-state index contributed by atoms with van der Waals surface area (Å²) in [6.07, 6.45) is 3.72. The number of ether oxygens (including phenoxy) is 1. The van der Waals surface area contributed by atoms with E-state index in [1.807, 2.05) is 0 Å². The third-order valence-corrected chi connectivity index (χ3v) is 4.09. The summed E-state index contributed by atoms with van der Waals surface area (Å²) in [5, 5.41) is 48.9. The molecule has 0 radical (unpaired) electrons. The highest BCUT2D eigenvalue weighted by atomic mass is 16.6. The van der Waals surface area contributed by atoms with Crippen molar-refractivity contribution in [3.8, 4) is 23.0 Å². The molecular weight excluding hydrogens is 416 g/mol. The summed E-state index contributed by atoms with van der Waals surface area (Å²) in [6.45, 7) is 3.56. The lowest BCUT2D eigenvalue weighted by atomic mass is 9.99. The number of phenolic OH excluding ortho intramolecular Hbond substituents is 3. The Bertz CT molecular complexity index is 1120. The van der Waals surface area contributed by atoms with Crippen LogP contribution < -0.4 is 4.74 Å². The first-order valence-corrected chi connectivity index (χ1v) is 8.45. The van der Waals surface area contributed by atoms with E-state index in [0.717, 1.165) is 18.2 Å². The van der Waals surface area contributed by atoms with Crippen molar-refractivity contribution >= 4 is 30.0 Å². The molecule has 12 nitrogen and oxygen atoms in total. The number of nitro groups is 2. The standard InChI is InChI=1S/C12H11NO5.C7H5NO5/c1-12(2)4-3-7-10(18-12)5-9(13(16)17)8(6-14)11(7)15;9-3-5-6(8(12)13)1-4(10)2-7(5)11/h3-6,15H,1-2H3;1-3,10-11H. The van der Waals surface area contributed by atoms with Gasteiger partial charge >= 0.3 is 0 Å². The van der Waals surface area contributed by atoms with Gasteiger partial charge in [-0.15, -0.1) is 0 Å². The molecular formula is C19H16N2O10. The largest absolute Gasteiger partial charge is 0.508 e. The Balaban J connectivity index is 0.000000233. The quantitative estimate of drug-likeness (QED) is 0.367. The summed E-state index contributed by atoms with van der Waals surface area (Å²) < 4.78 is 5.52. The minimum Gasteiger partial charge on any atom is -0.508 e. The fourth-order valence-electron chi connectivity index (χ4n) is 2.66. The number of fused-ring (bicyclic) bond motifs is 1. The molecule has 1 aliphatic heterocycles. The molecule has 0 bridgehead atoms. The Morgan fingerprint density at radius 1 is 0.935 bits per heavy atom. The lowest BCUT2D eigenvalue weighted by Gasteiger charge is -2.28. The Labute approximate surface area is 173 Å². The number of carbonyl (C=O) groups excluding carboxylic acids is 2. The number of nitrogens with zero attached hydrogens (tertiary/aromatic N) is 2. The van der Waals surface area contributed by atoms with E-state index in [0.29, 0.717) is 0 Å². The van der Waals surface area contributed by atoms with Gasteiger partial charge in [0.15, 0.2) is 12.6 Å². The first-order chi connectivity index (χ1) is 14.4. The molecule has 0 saturated carbocycles.